The van der Waals surface area contributed by atoms with Crippen LogP contribution < -0.4 is 0 Å². The number of carbonyl (C=O) groups excluding carboxylic acids is 1. The largest absolute Gasteiger partial charge is 0.374 e. The summed E-state index contributed by atoms with van der Waals surface area (Å²) in [7, 11) is 0. The van der Waals surface area contributed by atoms with E-state index in [1.807, 2.05) is 84.9 Å². The normalized spacial score (nSPS) is 27.0. The van der Waals surface area contributed by atoms with E-state index in [1.165, 1.54) is 0 Å². The van der Waals surface area contributed by atoms with Gasteiger partial charge in [-0.2, -0.15) is 0 Å². The second kappa shape index (κ2) is 13.6. The molecule has 0 aromatic heterocycles. The average molecular weight is 637 g/mol. The average Bonchev–Trinajstić information content (AvgIpc) is 3.75. The molecule has 4 unspecified atom stereocenters. The van der Waals surface area contributed by atoms with Crippen molar-refractivity contribution in [2.24, 2.45) is 5.92 Å². The third-order valence-corrected chi connectivity index (χ3v) is 10.3. The fraction of sp³-hybridized carbons (Fsp3) is 0.279. The Bertz CT molecular complexity index is 1810. The summed E-state index contributed by atoms with van der Waals surface area (Å²) in [6.07, 6.45) is -0.921. The van der Waals surface area contributed by atoms with Crippen LogP contribution >= 0.6 is 0 Å². The van der Waals surface area contributed by atoms with Crippen molar-refractivity contribution >= 4 is 5.78 Å². The number of hydrogen-bond donors (Lipinski definition) is 0. The Hall–Kier alpha value is -4.39. The number of Topliss-reactive ketones (excluding diaryl/α,β-unsaturated/α-hetero) is 1. The smallest absolute Gasteiger partial charge is 0.154 e. The predicted molar refractivity (Wildman–Crippen MR) is 184 cm³/mol. The second-order valence-corrected chi connectivity index (χ2v) is 13.2. The van der Waals surface area contributed by atoms with Gasteiger partial charge >= 0.3 is 0 Å². The van der Waals surface area contributed by atoms with Gasteiger partial charge in [-0.25, -0.2) is 0 Å². The molecule has 0 N–H and O–H groups in total. The molecule has 1 spiro atoms. The van der Waals surface area contributed by atoms with Crippen LogP contribution in [0.1, 0.15) is 39.3 Å². The maximum atomic E-state index is 14.9. The maximum absolute atomic E-state index is 14.9. The number of ether oxygens (including phenoxy) is 4. The van der Waals surface area contributed by atoms with Gasteiger partial charge in [0.2, 0.25) is 0 Å². The number of fused-ring (bicyclic) bond motifs is 5. The lowest BCUT2D eigenvalue weighted by molar-refractivity contribution is -0.201. The molecule has 1 heterocycles. The highest BCUT2D eigenvalue weighted by molar-refractivity contribution is 6.05. The fourth-order valence-corrected chi connectivity index (χ4v) is 8.05. The first-order valence-electron chi connectivity index (χ1n) is 17.0. The number of ketones is 1. The zero-order valence-corrected chi connectivity index (χ0v) is 26.9. The summed E-state index contributed by atoms with van der Waals surface area (Å²) in [5.41, 5.74) is 5.78. The molecule has 3 aliphatic rings. The van der Waals surface area contributed by atoms with Crippen LogP contribution in [0.2, 0.25) is 0 Å². The Labute approximate surface area is 282 Å². The summed E-state index contributed by atoms with van der Waals surface area (Å²) >= 11 is 0. The van der Waals surface area contributed by atoms with Crippen LogP contribution in [0.25, 0.3) is 0 Å². The number of rotatable bonds is 12. The Morgan fingerprint density at radius 2 is 1.06 bits per heavy atom. The van der Waals surface area contributed by atoms with Gasteiger partial charge in [-0.3, -0.25) is 4.79 Å². The van der Waals surface area contributed by atoms with Crippen LogP contribution in [0.3, 0.4) is 0 Å². The summed E-state index contributed by atoms with van der Waals surface area (Å²) in [6, 6.07) is 49.2. The van der Waals surface area contributed by atoms with Crippen molar-refractivity contribution in [2.45, 2.75) is 62.0 Å². The third-order valence-electron chi connectivity index (χ3n) is 10.3. The van der Waals surface area contributed by atoms with E-state index in [1.54, 1.807) is 0 Å². The van der Waals surface area contributed by atoms with Crippen LogP contribution in [0, 0.1) is 5.92 Å². The summed E-state index contributed by atoms with van der Waals surface area (Å²) in [5, 5.41) is 0. The first kappa shape index (κ1) is 30.9. The molecule has 242 valence electrons. The molecule has 5 aromatic rings. The van der Waals surface area contributed by atoms with Gasteiger partial charge in [0.05, 0.1) is 44.1 Å². The molecule has 2 fully saturated rings. The van der Waals surface area contributed by atoms with Gasteiger partial charge in [-0.1, -0.05) is 146 Å². The molecule has 1 saturated carbocycles. The maximum Gasteiger partial charge on any atom is 0.154 e. The Kier molecular flexibility index (Phi) is 8.77. The van der Waals surface area contributed by atoms with E-state index < -0.39 is 17.6 Å². The van der Waals surface area contributed by atoms with E-state index in [9.17, 15) is 4.79 Å². The molecule has 1 saturated heterocycles. The first-order chi connectivity index (χ1) is 23.7. The topological polar surface area (TPSA) is 54.0 Å². The Morgan fingerprint density at radius 3 is 1.67 bits per heavy atom. The summed E-state index contributed by atoms with van der Waals surface area (Å²) in [5.74, 6) is -0.200. The molecule has 0 radical (unpaired) electrons. The zero-order valence-electron chi connectivity index (χ0n) is 26.9. The van der Waals surface area contributed by atoms with Gasteiger partial charge in [0, 0.05) is 11.8 Å². The van der Waals surface area contributed by atoms with E-state index >= 15 is 0 Å². The molecule has 1 aliphatic heterocycles. The highest BCUT2D eigenvalue weighted by Crippen LogP contribution is 2.68. The van der Waals surface area contributed by atoms with Gasteiger partial charge in [0.25, 0.3) is 0 Å². The molecule has 5 nitrogen and oxygen atoms in total. The predicted octanol–water partition coefficient (Wildman–Crippen LogP) is 7.62. The summed E-state index contributed by atoms with van der Waals surface area (Å²) < 4.78 is 27.0. The van der Waals surface area contributed by atoms with Gasteiger partial charge < -0.3 is 18.9 Å². The quantitative estimate of drug-likeness (QED) is 0.141. The van der Waals surface area contributed by atoms with E-state index in [0.717, 1.165) is 33.4 Å². The third kappa shape index (κ3) is 5.82. The van der Waals surface area contributed by atoms with Gasteiger partial charge in [0.1, 0.15) is 12.2 Å². The van der Waals surface area contributed by atoms with Crippen molar-refractivity contribution in [3.8, 4) is 0 Å². The van der Waals surface area contributed by atoms with Gasteiger partial charge in [-0.05, 0) is 39.8 Å². The number of carbonyl (C=O) groups is 1. The van der Waals surface area contributed by atoms with Gasteiger partial charge in [0.15, 0.2) is 5.78 Å². The van der Waals surface area contributed by atoms with Crippen molar-refractivity contribution in [3.63, 3.8) is 0 Å². The molecular weight excluding hydrogens is 596 g/mol. The first-order valence-corrected chi connectivity index (χ1v) is 17.0. The molecule has 5 heteroatoms. The standard InChI is InChI=1S/C43H40O5/c44-41-35(25-30-15-5-1-6-16-30)34-23-13-14-24-36(34)43(41)38-40(47-28-33-21-11-4-12-22-33)39(46-27-32-19-9-3-10-20-32)37(48-42(38)43)29-45-26-31-17-7-2-8-18-31/h1-24,35,37-40,42H,25-29H2/t35?,37-,38?,39+,40-,42?,43?/m1/s1. The Balaban J connectivity index is 1.14. The molecular formula is C43H40O5. The van der Waals surface area contributed by atoms with Crippen molar-refractivity contribution < 1.29 is 23.7 Å². The van der Waals surface area contributed by atoms with Crippen molar-refractivity contribution in [2.75, 3.05) is 6.61 Å². The Morgan fingerprint density at radius 1 is 0.562 bits per heavy atom. The monoisotopic (exact) mass is 636 g/mol. The second-order valence-electron chi connectivity index (χ2n) is 13.2. The molecule has 5 aromatic carbocycles. The minimum atomic E-state index is -0.792. The number of benzene rings is 5. The van der Waals surface area contributed by atoms with Crippen molar-refractivity contribution in [1.29, 1.82) is 0 Å². The van der Waals surface area contributed by atoms with E-state index in [-0.39, 0.29) is 29.8 Å². The minimum absolute atomic E-state index is 0.179. The SMILES string of the molecule is O=C1C(Cc2ccccc2)c2ccccc2C12C1O[C@H](COCc3ccccc3)[C@H](OCc3ccccc3)[C@H](OCc3ccccc3)C12. The number of hydrogen-bond acceptors (Lipinski definition) is 5. The lowest BCUT2D eigenvalue weighted by Gasteiger charge is -2.37. The highest BCUT2D eigenvalue weighted by Gasteiger charge is 2.80. The van der Waals surface area contributed by atoms with E-state index in [0.29, 0.717) is 32.8 Å². The zero-order chi connectivity index (χ0) is 32.3. The van der Waals surface area contributed by atoms with Crippen LogP contribution in [-0.2, 0) is 55.4 Å². The van der Waals surface area contributed by atoms with Crippen LogP contribution in [0.4, 0.5) is 0 Å². The molecule has 7 atom stereocenters. The van der Waals surface area contributed by atoms with Crippen LogP contribution in [-0.4, -0.2) is 36.8 Å². The minimum Gasteiger partial charge on any atom is -0.374 e. The van der Waals surface area contributed by atoms with Crippen LogP contribution in [0.15, 0.2) is 146 Å². The molecule has 0 bridgehead atoms. The van der Waals surface area contributed by atoms with Gasteiger partial charge in [-0.15, -0.1) is 0 Å². The molecule has 2 aliphatic carbocycles. The van der Waals surface area contributed by atoms with E-state index in [4.69, 9.17) is 18.9 Å². The van der Waals surface area contributed by atoms with Crippen molar-refractivity contribution in [1.82, 2.24) is 0 Å². The fourth-order valence-electron chi connectivity index (χ4n) is 8.05. The molecule has 0 amide bonds. The highest BCUT2D eigenvalue weighted by atomic mass is 16.6. The summed E-state index contributed by atoms with van der Waals surface area (Å²) in [6.45, 7) is 1.60. The lowest BCUT2D eigenvalue weighted by atomic mass is 9.88. The van der Waals surface area contributed by atoms with Crippen LogP contribution in [0.5, 0.6) is 0 Å². The summed E-state index contributed by atoms with van der Waals surface area (Å²) in [4.78, 5) is 14.9. The van der Waals surface area contributed by atoms with Crippen molar-refractivity contribution in [3.05, 3.63) is 179 Å². The molecule has 48 heavy (non-hydrogen) atoms. The lowest BCUT2D eigenvalue weighted by Crippen LogP contribution is -2.50. The molecule has 8 rings (SSSR count). The van der Waals surface area contributed by atoms with E-state index in [2.05, 4.69) is 60.7 Å².